The summed E-state index contributed by atoms with van der Waals surface area (Å²) in [5.74, 6) is 0. The number of likely N-dealkylation sites (tertiary alicyclic amines) is 1. The Balaban J connectivity index is 2.30. The van der Waals surface area contributed by atoms with E-state index in [2.05, 4.69) is 5.48 Å². The van der Waals surface area contributed by atoms with Crippen LogP contribution in [0.15, 0.2) is 0 Å². The van der Waals surface area contributed by atoms with E-state index in [9.17, 15) is 5.11 Å². The van der Waals surface area contributed by atoms with Crippen LogP contribution in [-0.4, -0.2) is 35.6 Å². The molecule has 1 saturated heterocycles. The van der Waals surface area contributed by atoms with Gasteiger partial charge in [0.15, 0.2) is 0 Å². The topological polar surface area (TPSA) is 44.7 Å². The second-order valence-electron chi connectivity index (χ2n) is 3.08. The number of nitrogens with zero attached hydrogens (tertiary/aromatic N) is 1. The fourth-order valence-corrected chi connectivity index (χ4v) is 1.54. The zero-order chi connectivity index (χ0) is 8.97. The number of hydrogen-bond acceptors (Lipinski definition) is 4. The number of hydroxylamine groups is 1. The number of nitrogens with one attached hydrogen (secondary N) is 1. The van der Waals surface area contributed by atoms with E-state index in [-0.39, 0.29) is 12.4 Å². The molecular weight excluding hydrogens is 156 g/mol. The van der Waals surface area contributed by atoms with E-state index in [1.165, 1.54) is 0 Å². The van der Waals surface area contributed by atoms with Crippen LogP contribution >= 0.6 is 0 Å². The Kier molecular flexibility index (Phi) is 3.94. The van der Waals surface area contributed by atoms with Crippen molar-refractivity contribution in [2.24, 2.45) is 0 Å². The highest BCUT2D eigenvalue weighted by atomic mass is 16.6. The third-order valence-electron chi connectivity index (χ3n) is 2.14. The number of aliphatic hydroxyl groups excluding tert-OH is 1. The molecule has 4 nitrogen and oxygen atoms in total. The normalized spacial score (nSPS) is 27.8. The van der Waals surface area contributed by atoms with Crippen LogP contribution in [0.2, 0.25) is 0 Å². The molecule has 0 bridgehead atoms. The van der Waals surface area contributed by atoms with Crippen LogP contribution in [0.25, 0.3) is 0 Å². The third-order valence-corrected chi connectivity index (χ3v) is 2.14. The molecule has 2 N–H and O–H groups in total. The van der Waals surface area contributed by atoms with Gasteiger partial charge in [0.2, 0.25) is 0 Å². The minimum absolute atomic E-state index is 0.185. The number of rotatable bonds is 4. The van der Waals surface area contributed by atoms with Crippen molar-refractivity contribution in [3.05, 3.63) is 0 Å². The highest BCUT2D eigenvalue weighted by molar-refractivity contribution is 4.75. The van der Waals surface area contributed by atoms with Crippen LogP contribution in [-0.2, 0) is 4.84 Å². The van der Waals surface area contributed by atoms with Crippen LogP contribution < -0.4 is 5.48 Å². The lowest BCUT2D eigenvalue weighted by atomic mass is 10.3. The molecule has 4 heteroatoms. The second-order valence-corrected chi connectivity index (χ2v) is 3.08. The van der Waals surface area contributed by atoms with E-state index >= 15 is 0 Å². The van der Waals surface area contributed by atoms with Crippen LogP contribution in [0.4, 0.5) is 0 Å². The smallest absolute Gasteiger partial charge is 0.105 e. The average Bonchev–Trinajstić information content (AvgIpc) is 2.48. The van der Waals surface area contributed by atoms with Crippen molar-refractivity contribution in [2.75, 3.05) is 13.2 Å². The molecule has 12 heavy (non-hydrogen) atoms. The van der Waals surface area contributed by atoms with E-state index in [4.69, 9.17) is 4.84 Å². The molecule has 0 saturated carbocycles. The molecule has 0 spiro atoms. The molecule has 0 aromatic carbocycles. The van der Waals surface area contributed by atoms with Crippen LogP contribution in [0.5, 0.6) is 0 Å². The molecule has 0 aromatic heterocycles. The summed E-state index contributed by atoms with van der Waals surface area (Å²) in [5, 5.41) is 9.35. The van der Waals surface area contributed by atoms with Crippen molar-refractivity contribution in [1.82, 2.24) is 10.4 Å². The molecule has 0 aliphatic carbocycles. The molecule has 0 aromatic rings. The Bertz CT molecular complexity index is 130. The van der Waals surface area contributed by atoms with Crippen LogP contribution in [0.3, 0.4) is 0 Å². The van der Waals surface area contributed by atoms with Gasteiger partial charge >= 0.3 is 0 Å². The quantitative estimate of drug-likeness (QED) is 0.601. The molecule has 0 amide bonds. The highest BCUT2D eigenvalue weighted by Gasteiger charge is 2.27. The molecule has 2 atom stereocenters. The minimum Gasteiger partial charge on any atom is -0.379 e. The summed E-state index contributed by atoms with van der Waals surface area (Å²) in [7, 11) is 0. The molecule has 1 aliphatic heterocycles. The summed E-state index contributed by atoms with van der Waals surface area (Å²) in [6.45, 7) is 5.33. The molecule has 1 heterocycles. The monoisotopic (exact) mass is 174 g/mol. The van der Waals surface area contributed by atoms with Gasteiger partial charge in [-0.2, -0.15) is 5.48 Å². The first-order chi connectivity index (χ1) is 5.75. The van der Waals surface area contributed by atoms with Gasteiger partial charge in [-0.15, -0.1) is 0 Å². The maximum atomic E-state index is 9.35. The van der Waals surface area contributed by atoms with E-state index in [0.717, 1.165) is 19.4 Å². The fraction of sp³-hybridized carbons (Fsp3) is 1.00. The van der Waals surface area contributed by atoms with Crippen molar-refractivity contribution >= 4 is 0 Å². The van der Waals surface area contributed by atoms with E-state index < -0.39 is 0 Å². The minimum atomic E-state index is -0.384. The SMILES string of the molecule is CCON[C@@H]1CCCN1C(C)O. The van der Waals surface area contributed by atoms with Crippen molar-refractivity contribution < 1.29 is 9.94 Å². The van der Waals surface area contributed by atoms with Crippen molar-refractivity contribution in [3.8, 4) is 0 Å². The van der Waals surface area contributed by atoms with Gasteiger partial charge in [-0.1, -0.05) is 0 Å². The lowest BCUT2D eigenvalue weighted by Crippen LogP contribution is -2.45. The van der Waals surface area contributed by atoms with Gasteiger partial charge in [-0.3, -0.25) is 4.90 Å². The summed E-state index contributed by atoms with van der Waals surface area (Å²) in [6, 6.07) is 0. The van der Waals surface area contributed by atoms with Gasteiger partial charge in [0.05, 0.1) is 12.8 Å². The molecule has 1 rings (SSSR count). The first-order valence-electron chi connectivity index (χ1n) is 4.57. The molecule has 72 valence electrons. The Morgan fingerprint density at radius 2 is 2.50 bits per heavy atom. The van der Waals surface area contributed by atoms with E-state index in [1.54, 1.807) is 6.92 Å². The maximum Gasteiger partial charge on any atom is 0.105 e. The highest BCUT2D eigenvalue weighted by Crippen LogP contribution is 2.16. The number of hydrogen-bond donors (Lipinski definition) is 2. The summed E-state index contributed by atoms with van der Waals surface area (Å²) in [6.07, 6.45) is 1.97. The van der Waals surface area contributed by atoms with Crippen molar-refractivity contribution in [2.45, 2.75) is 39.1 Å². The van der Waals surface area contributed by atoms with Gasteiger partial charge in [-0.25, -0.2) is 0 Å². The average molecular weight is 174 g/mol. The molecule has 0 radical (unpaired) electrons. The predicted molar refractivity (Wildman–Crippen MR) is 46.2 cm³/mol. The fourth-order valence-electron chi connectivity index (χ4n) is 1.54. The van der Waals surface area contributed by atoms with E-state index in [1.807, 2.05) is 11.8 Å². The Morgan fingerprint density at radius 1 is 1.75 bits per heavy atom. The lowest BCUT2D eigenvalue weighted by Gasteiger charge is -2.27. The molecule has 1 fully saturated rings. The summed E-state index contributed by atoms with van der Waals surface area (Å²) >= 11 is 0. The van der Waals surface area contributed by atoms with Gasteiger partial charge in [0.25, 0.3) is 0 Å². The van der Waals surface area contributed by atoms with Crippen LogP contribution in [0, 0.1) is 0 Å². The maximum absolute atomic E-state index is 9.35. The van der Waals surface area contributed by atoms with E-state index in [0.29, 0.717) is 6.61 Å². The zero-order valence-corrected chi connectivity index (χ0v) is 7.79. The lowest BCUT2D eigenvalue weighted by molar-refractivity contribution is -0.0671. The molecule has 1 unspecified atom stereocenters. The van der Waals surface area contributed by atoms with Gasteiger partial charge in [0, 0.05) is 6.54 Å². The van der Waals surface area contributed by atoms with Crippen LogP contribution in [0.1, 0.15) is 26.7 Å². The largest absolute Gasteiger partial charge is 0.379 e. The predicted octanol–water partition coefficient (Wildman–Crippen LogP) is 0.288. The first kappa shape index (κ1) is 9.92. The van der Waals surface area contributed by atoms with Gasteiger partial charge in [-0.05, 0) is 26.7 Å². The first-order valence-corrected chi connectivity index (χ1v) is 4.57. The Labute approximate surface area is 73.5 Å². The Hall–Kier alpha value is -0.160. The Morgan fingerprint density at radius 3 is 3.08 bits per heavy atom. The second kappa shape index (κ2) is 4.77. The standard InChI is InChI=1S/C8H18N2O2/c1-3-12-9-8-5-4-6-10(8)7(2)11/h7-9,11H,3-6H2,1-2H3/t7?,8-/m0/s1. The van der Waals surface area contributed by atoms with Gasteiger partial charge < -0.3 is 9.94 Å². The van der Waals surface area contributed by atoms with Crippen molar-refractivity contribution in [1.29, 1.82) is 0 Å². The van der Waals surface area contributed by atoms with Gasteiger partial charge in [0.1, 0.15) is 6.23 Å². The summed E-state index contributed by atoms with van der Waals surface area (Å²) < 4.78 is 0. The number of aliphatic hydroxyl groups is 1. The molecule has 1 aliphatic rings. The zero-order valence-electron chi connectivity index (χ0n) is 7.79. The van der Waals surface area contributed by atoms with Crippen molar-refractivity contribution in [3.63, 3.8) is 0 Å². The molecular formula is C8H18N2O2. The summed E-state index contributed by atoms with van der Waals surface area (Å²) in [4.78, 5) is 7.09. The summed E-state index contributed by atoms with van der Waals surface area (Å²) in [5.41, 5.74) is 2.93. The third kappa shape index (κ3) is 2.42.